The molecule has 1 spiro atoms. The second kappa shape index (κ2) is 6.55. The first kappa shape index (κ1) is 17.0. The number of amides is 1. The molecule has 1 amide bonds. The van der Waals surface area contributed by atoms with Crippen molar-refractivity contribution in [3.63, 3.8) is 0 Å². The van der Waals surface area contributed by atoms with E-state index in [9.17, 15) is 9.59 Å². The summed E-state index contributed by atoms with van der Waals surface area (Å²) < 4.78 is 5.92. The van der Waals surface area contributed by atoms with Gasteiger partial charge in [-0.1, -0.05) is 18.9 Å². The predicted molar refractivity (Wildman–Crippen MR) is 90.2 cm³/mol. The number of nitrogens with zero attached hydrogens (tertiary/aromatic N) is 1. The molecule has 1 N–H and O–H groups in total. The lowest BCUT2D eigenvalue weighted by Gasteiger charge is -2.57. The van der Waals surface area contributed by atoms with Crippen molar-refractivity contribution in [2.24, 2.45) is 5.41 Å². The van der Waals surface area contributed by atoms with Crippen LogP contribution in [0.2, 0.25) is 0 Å². The molecule has 0 aromatic heterocycles. The highest BCUT2D eigenvalue weighted by molar-refractivity contribution is 5.97. The summed E-state index contributed by atoms with van der Waals surface area (Å²) in [6.07, 6.45) is 5.71. The SMILES string of the molecule is CCOC1CC(N(C)C(=O)c2cccc(C(=O)O)c2)C12CCCC2. The Morgan fingerprint density at radius 3 is 2.58 bits per heavy atom. The van der Waals surface area contributed by atoms with Gasteiger partial charge in [-0.05, 0) is 44.4 Å². The standard InChI is InChI=1S/C19H25NO4/c1-3-24-16-12-15(19(16)9-4-5-10-19)20(2)17(21)13-7-6-8-14(11-13)18(22)23/h6-8,11,15-16H,3-5,9-10,12H2,1-2H3,(H,22,23). The minimum atomic E-state index is -1.01. The van der Waals surface area contributed by atoms with Crippen LogP contribution in [0.15, 0.2) is 24.3 Å². The van der Waals surface area contributed by atoms with E-state index in [0.29, 0.717) is 12.2 Å². The van der Waals surface area contributed by atoms with Crippen LogP contribution in [0.5, 0.6) is 0 Å². The Bertz CT molecular complexity index is 636. The monoisotopic (exact) mass is 331 g/mol. The summed E-state index contributed by atoms with van der Waals surface area (Å²) >= 11 is 0. The number of carbonyl (C=O) groups excluding carboxylic acids is 1. The lowest BCUT2D eigenvalue weighted by Crippen LogP contribution is -2.64. The third kappa shape index (κ3) is 2.71. The fraction of sp³-hybridized carbons (Fsp3) is 0.579. The maximum atomic E-state index is 12.9. The van der Waals surface area contributed by atoms with Gasteiger partial charge in [0.1, 0.15) is 0 Å². The number of carboxylic acid groups (broad SMARTS) is 1. The number of hydrogen-bond donors (Lipinski definition) is 1. The van der Waals surface area contributed by atoms with Crippen LogP contribution in [0.25, 0.3) is 0 Å². The molecule has 5 nitrogen and oxygen atoms in total. The Labute approximate surface area is 142 Å². The Hall–Kier alpha value is -1.88. The second-order valence-corrected chi connectivity index (χ2v) is 6.94. The van der Waals surface area contributed by atoms with Crippen molar-refractivity contribution in [3.05, 3.63) is 35.4 Å². The summed E-state index contributed by atoms with van der Waals surface area (Å²) in [7, 11) is 1.84. The Balaban J connectivity index is 1.79. The topological polar surface area (TPSA) is 66.8 Å². The molecule has 0 aliphatic heterocycles. The van der Waals surface area contributed by atoms with Gasteiger partial charge in [-0.3, -0.25) is 4.79 Å². The Morgan fingerprint density at radius 2 is 1.96 bits per heavy atom. The minimum absolute atomic E-state index is 0.0881. The highest BCUT2D eigenvalue weighted by Gasteiger charge is 2.58. The molecule has 0 radical (unpaired) electrons. The molecule has 1 aromatic rings. The summed E-state index contributed by atoms with van der Waals surface area (Å²) in [5.41, 5.74) is 0.668. The van der Waals surface area contributed by atoms with E-state index in [4.69, 9.17) is 9.84 Å². The number of carboxylic acids is 1. The van der Waals surface area contributed by atoms with E-state index in [1.165, 1.54) is 25.0 Å². The summed E-state index contributed by atoms with van der Waals surface area (Å²) in [4.78, 5) is 25.8. The van der Waals surface area contributed by atoms with Gasteiger partial charge in [-0.25, -0.2) is 4.79 Å². The summed E-state index contributed by atoms with van der Waals surface area (Å²) in [5.74, 6) is -1.12. The molecule has 130 valence electrons. The molecule has 2 aliphatic rings. The molecular formula is C19H25NO4. The molecule has 5 heteroatoms. The summed E-state index contributed by atoms with van der Waals surface area (Å²) in [6, 6.07) is 6.45. The first-order valence-electron chi connectivity index (χ1n) is 8.71. The molecule has 2 atom stereocenters. The van der Waals surface area contributed by atoms with Crippen LogP contribution in [0.3, 0.4) is 0 Å². The van der Waals surface area contributed by atoms with Crippen molar-refractivity contribution in [3.8, 4) is 0 Å². The Morgan fingerprint density at radius 1 is 1.29 bits per heavy atom. The molecule has 3 rings (SSSR count). The van der Waals surface area contributed by atoms with Crippen LogP contribution in [0, 0.1) is 5.41 Å². The highest BCUT2D eigenvalue weighted by Crippen LogP contribution is 2.56. The van der Waals surface area contributed by atoms with E-state index in [-0.39, 0.29) is 29.0 Å². The number of hydrogen-bond acceptors (Lipinski definition) is 3. The van der Waals surface area contributed by atoms with Gasteiger partial charge in [0.25, 0.3) is 5.91 Å². The van der Waals surface area contributed by atoms with Gasteiger partial charge in [0, 0.05) is 30.7 Å². The van der Waals surface area contributed by atoms with Gasteiger partial charge < -0.3 is 14.7 Å². The van der Waals surface area contributed by atoms with Crippen LogP contribution < -0.4 is 0 Å². The molecule has 1 aromatic carbocycles. The maximum Gasteiger partial charge on any atom is 0.335 e. The maximum absolute atomic E-state index is 12.9. The number of ether oxygens (including phenoxy) is 1. The van der Waals surface area contributed by atoms with E-state index >= 15 is 0 Å². The zero-order valence-electron chi connectivity index (χ0n) is 14.3. The minimum Gasteiger partial charge on any atom is -0.478 e. The third-order valence-corrected chi connectivity index (χ3v) is 5.79. The van der Waals surface area contributed by atoms with Crippen molar-refractivity contribution in [1.29, 1.82) is 0 Å². The molecule has 24 heavy (non-hydrogen) atoms. The number of aromatic carboxylic acids is 1. The average molecular weight is 331 g/mol. The first-order valence-corrected chi connectivity index (χ1v) is 8.71. The van der Waals surface area contributed by atoms with Crippen molar-refractivity contribution >= 4 is 11.9 Å². The molecule has 0 bridgehead atoms. The van der Waals surface area contributed by atoms with E-state index in [1.54, 1.807) is 12.1 Å². The molecule has 2 fully saturated rings. The predicted octanol–water partition coefficient (Wildman–Crippen LogP) is 3.19. The van der Waals surface area contributed by atoms with Crippen molar-refractivity contribution in [1.82, 2.24) is 4.90 Å². The molecule has 2 unspecified atom stereocenters. The molecule has 2 saturated carbocycles. The van der Waals surface area contributed by atoms with E-state index in [0.717, 1.165) is 19.3 Å². The molecule has 0 saturated heterocycles. The lowest BCUT2D eigenvalue weighted by atomic mass is 9.60. The normalized spacial score (nSPS) is 24.6. The molecule has 2 aliphatic carbocycles. The lowest BCUT2D eigenvalue weighted by molar-refractivity contribution is -0.152. The van der Waals surface area contributed by atoms with Gasteiger partial charge in [-0.15, -0.1) is 0 Å². The summed E-state index contributed by atoms with van der Waals surface area (Å²) in [5, 5.41) is 9.12. The van der Waals surface area contributed by atoms with Crippen LogP contribution in [0.4, 0.5) is 0 Å². The number of carbonyl (C=O) groups is 2. The van der Waals surface area contributed by atoms with Crippen molar-refractivity contribution < 1.29 is 19.4 Å². The van der Waals surface area contributed by atoms with E-state index < -0.39 is 5.97 Å². The van der Waals surface area contributed by atoms with Crippen LogP contribution in [-0.2, 0) is 4.74 Å². The fourth-order valence-corrected chi connectivity index (χ4v) is 4.52. The van der Waals surface area contributed by atoms with Crippen molar-refractivity contribution in [2.45, 2.75) is 51.2 Å². The summed E-state index contributed by atoms with van der Waals surface area (Å²) in [6.45, 7) is 2.72. The second-order valence-electron chi connectivity index (χ2n) is 6.94. The number of rotatable bonds is 5. The van der Waals surface area contributed by atoms with Crippen LogP contribution in [-0.4, -0.2) is 47.7 Å². The smallest absolute Gasteiger partial charge is 0.335 e. The average Bonchev–Trinajstić information content (AvgIpc) is 3.10. The quantitative estimate of drug-likeness (QED) is 0.900. The first-order chi connectivity index (χ1) is 11.5. The molecule has 0 heterocycles. The van der Waals surface area contributed by atoms with Gasteiger partial charge in [0.15, 0.2) is 0 Å². The van der Waals surface area contributed by atoms with Crippen LogP contribution in [0.1, 0.15) is 59.7 Å². The van der Waals surface area contributed by atoms with Gasteiger partial charge in [0.05, 0.1) is 11.7 Å². The van der Waals surface area contributed by atoms with E-state index in [1.807, 2.05) is 18.9 Å². The zero-order valence-corrected chi connectivity index (χ0v) is 14.3. The fourth-order valence-electron chi connectivity index (χ4n) is 4.52. The van der Waals surface area contributed by atoms with Gasteiger partial charge >= 0.3 is 5.97 Å². The van der Waals surface area contributed by atoms with E-state index in [2.05, 4.69) is 0 Å². The zero-order chi connectivity index (χ0) is 17.3. The number of benzene rings is 1. The third-order valence-electron chi connectivity index (χ3n) is 5.79. The Kier molecular flexibility index (Phi) is 4.63. The van der Waals surface area contributed by atoms with Crippen molar-refractivity contribution in [2.75, 3.05) is 13.7 Å². The van der Waals surface area contributed by atoms with Gasteiger partial charge in [-0.2, -0.15) is 0 Å². The highest BCUT2D eigenvalue weighted by atomic mass is 16.5. The van der Waals surface area contributed by atoms with Gasteiger partial charge in [0.2, 0.25) is 0 Å². The largest absolute Gasteiger partial charge is 0.478 e. The van der Waals surface area contributed by atoms with Crippen LogP contribution >= 0.6 is 0 Å². The molecular weight excluding hydrogens is 306 g/mol.